The predicted molar refractivity (Wildman–Crippen MR) is 70.9 cm³/mol. The van der Waals surface area contributed by atoms with Crippen LogP contribution in [0.15, 0.2) is 12.4 Å². The third-order valence-electron chi connectivity index (χ3n) is 3.87. The second kappa shape index (κ2) is 5.67. The Morgan fingerprint density at radius 3 is 2.82 bits per heavy atom. The van der Waals surface area contributed by atoms with Gasteiger partial charge in [-0.3, -0.25) is 4.68 Å². The van der Waals surface area contributed by atoms with Gasteiger partial charge in [-0.1, -0.05) is 13.8 Å². The third-order valence-corrected chi connectivity index (χ3v) is 3.87. The van der Waals surface area contributed by atoms with E-state index in [1.165, 1.54) is 24.8 Å². The lowest BCUT2D eigenvalue weighted by Gasteiger charge is -2.24. The molecule has 1 aliphatic rings. The van der Waals surface area contributed by atoms with Gasteiger partial charge in [0.05, 0.1) is 6.20 Å². The zero-order valence-electron chi connectivity index (χ0n) is 11.3. The van der Waals surface area contributed by atoms with Crippen molar-refractivity contribution in [2.45, 2.75) is 45.6 Å². The molecule has 2 rings (SSSR count). The van der Waals surface area contributed by atoms with Crippen molar-refractivity contribution in [2.75, 3.05) is 6.54 Å². The molecule has 1 aliphatic carbocycles. The lowest BCUT2D eigenvalue weighted by atomic mass is 9.92. The van der Waals surface area contributed by atoms with Gasteiger partial charge < -0.3 is 5.32 Å². The molecule has 0 aromatic carbocycles. The van der Waals surface area contributed by atoms with Crippen LogP contribution in [-0.2, 0) is 13.5 Å². The first-order chi connectivity index (χ1) is 8.20. The van der Waals surface area contributed by atoms with Crippen molar-refractivity contribution in [3.63, 3.8) is 0 Å². The highest BCUT2D eigenvalue weighted by molar-refractivity contribution is 5.07. The van der Waals surface area contributed by atoms with Crippen LogP contribution in [0.4, 0.5) is 0 Å². The van der Waals surface area contributed by atoms with E-state index in [1.807, 2.05) is 17.9 Å². The number of aromatic nitrogens is 2. The van der Waals surface area contributed by atoms with Gasteiger partial charge in [0.1, 0.15) is 0 Å². The largest absolute Gasteiger partial charge is 0.313 e. The second-order valence-electron chi connectivity index (χ2n) is 5.48. The monoisotopic (exact) mass is 235 g/mol. The summed E-state index contributed by atoms with van der Waals surface area (Å²) in [6.45, 7) is 5.76. The van der Waals surface area contributed by atoms with E-state index < -0.39 is 0 Å². The molecule has 1 heterocycles. The molecule has 1 N–H and O–H groups in total. The Hall–Kier alpha value is -0.830. The van der Waals surface area contributed by atoms with Gasteiger partial charge in [0.15, 0.2) is 0 Å². The van der Waals surface area contributed by atoms with Crippen molar-refractivity contribution in [2.24, 2.45) is 18.9 Å². The third kappa shape index (κ3) is 3.56. The summed E-state index contributed by atoms with van der Waals surface area (Å²) in [7, 11) is 1.99. The Kier molecular flexibility index (Phi) is 4.21. The predicted octanol–water partition coefficient (Wildman–Crippen LogP) is 2.38. The van der Waals surface area contributed by atoms with E-state index in [1.54, 1.807) is 0 Å². The minimum atomic E-state index is 0.617. The van der Waals surface area contributed by atoms with Crippen LogP contribution in [0, 0.1) is 11.8 Å². The average molecular weight is 235 g/mol. The Morgan fingerprint density at radius 1 is 1.53 bits per heavy atom. The zero-order valence-corrected chi connectivity index (χ0v) is 11.3. The molecular weight excluding hydrogens is 210 g/mol. The van der Waals surface area contributed by atoms with Crippen LogP contribution in [0.5, 0.6) is 0 Å². The van der Waals surface area contributed by atoms with Gasteiger partial charge in [0.25, 0.3) is 0 Å². The van der Waals surface area contributed by atoms with E-state index in [2.05, 4.69) is 30.5 Å². The molecule has 1 fully saturated rings. The molecular formula is C14H25N3. The molecule has 96 valence electrons. The number of rotatable bonds is 7. The molecule has 0 radical (unpaired) electrons. The maximum atomic E-state index is 4.26. The Bertz CT molecular complexity index is 341. The summed E-state index contributed by atoms with van der Waals surface area (Å²) in [5.41, 5.74) is 1.36. The smallest absolute Gasteiger partial charge is 0.0522 e. The zero-order chi connectivity index (χ0) is 12.3. The maximum absolute atomic E-state index is 4.26. The SMILES string of the molecule is CCCNC(Cc1cnn(C)c1)C(C)C1CC1. The molecule has 2 unspecified atom stereocenters. The molecule has 3 nitrogen and oxygen atoms in total. The molecule has 0 amide bonds. The van der Waals surface area contributed by atoms with Crippen LogP contribution in [-0.4, -0.2) is 22.4 Å². The number of aryl methyl sites for hydroxylation is 1. The van der Waals surface area contributed by atoms with Crippen molar-refractivity contribution in [3.8, 4) is 0 Å². The van der Waals surface area contributed by atoms with E-state index in [4.69, 9.17) is 0 Å². The highest BCUT2D eigenvalue weighted by Crippen LogP contribution is 2.38. The van der Waals surface area contributed by atoms with Gasteiger partial charge in [-0.2, -0.15) is 5.10 Å². The second-order valence-corrected chi connectivity index (χ2v) is 5.48. The number of nitrogens with zero attached hydrogens (tertiary/aromatic N) is 2. The first kappa shape index (κ1) is 12.6. The highest BCUT2D eigenvalue weighted by atomic mass is 15.2. The van der Waals surface area contributed by atoms with Gasteiger partial charge in [-0.25, -0.2) is 0 Å². The topological polar surface area (TPSA) is 29.9 Å². The molecule has 1 saturated carbocycles. The fourth-order valence-electron chi connectivity index (χ4n) is 2.56. The fourth-order valence-corrected chi connectivity index (χ4v) is 2.56. The molecule has 1 aromatic rings. The van der Waals surface area contributed by atoms with Crippen molar-refractivity contribution in [1.82, 2.24) is 15.1 Å². The highest BCUT2D eigenvalue weighted by Gasteiger charge is 2.33. The van der Waals surface area contributed by atoms with Crippen molar-refractivity contribution >= 4 is 0 Å². The average Bonchev–Trinajstić information content (AvgIpc) is 3.08. The standard InChI is InChI=1S/C14H25N3/c1-4-7-15-14(11(2)13-5-6-13)8-12-9-16-17(3)10-12/h9-11,13-15H,4-8H2,1-3H3. The molecule has 0 saturated heterocycles. The minimum Gasteiger partial charge on any atom is -0.313 e. The van der Waals surface area contributed by atoms with Gasteiger partial charge in [-0.15, -0.1) is 0 Å². The van der Waals surface area contributed by atoms with E-state index in [0.29, 0.717) is 6.04 Å². The molecule has 3 heteroatoms. The van der Waals surface area contributed by atoms with Crippen LogP contribution < -0.4 is 5.32 Å². The van der Waals surface area contributed by atoms with Gasteiger partial charge in [-0.05, 0) is 49.6 Å². The van der Waals surface area contributed by atoms with E-state index in [9.17, 15) is 0 Å². The van der Waals surface area contributed by atoms with Gasteiger partial charge in [0.2, 0.25) is 0 Å². The van der Waals surface area contributed by atoms with Crippen LogP contribution in [0.3, 0.4) is 0 Å². The number of hydrogen-bond donors (Lipinski definition) is 1. The summed E-state index contributed by atoms with van der Waals surface area (Å²) in [4.78, 5) is 0. The number of nitrogens with one attached hydrogen (secondary N) is 1. The Morgan fingerprint density at radius 2 is 2.29 bits per heavy atom. The molecule has 0 aliphatic heterocycles. The summed E-state index contributed by atoms with van der Waals surface area (Å²) in [5.74, 6) is 1.75. The molecule has 17 heavy (non-hydrogen) atoms. The quantitative estimate of drug-likeness (QED) is 0.786. The lowest BCUT2D eigenvalue weighted by molar-refractivity contribution is 0.339. The van der Waals surface area contributed by atoms with Gasteiger partial charge >= 0.3 is 0 Å². The normalized spacial score (nSPS) is 19.2. The molecule has 1 aromatic heterocycles. The maximum Gasteiger partial charge on any atom is 0.0522 e. The van der Waals surface area contributed by atoms with Crippen molar-refractivity contribution in [3.05, 3.63) is 18.0 Å². The van der Waals surface area contributed by atoms with Crippen LogP contribution in [0.2, 0.25) is 0 Å². The molecule has 0 bridgehead atoms. The summed E-state index contributed by atoms with van der Waals surface area (Å²) in [6, 6.07) is 0.617. The summed E-state index contributed by atoms with van der Waals surface area (Å²) in [6.07, 6.45) is 9.32. The first-order valence-electron chi connectivity index (χ1n) is 6.91. The summed E-state index contributed by atoms with van der Waals surface area (Å²) in [5, 5.41) is 7.97. The van der Waals surface area contributed by atoms with E-state index in [-0.39, 0.29) is 0 Å². The van der Waals surface area contributed by atoms with Crippen LogP contribution in [0.1, 0.15) is 38.7 Å². The first-order valence-corrected chi connectivity index (χ1v) is 6.91. The molecule has 0 spiro atoms. The van der Waals surface area contributed by atoms with Crippen molar-refractivity contribution < 1.29 is 0 Å². The fraction of sp³-hybridized carbons (Fsp3) is 0.786. The van der Waals surface area contributed by atoms with Crippen LogP contribution >= 0.6 is 0 Å². The minimum absolute atomic E-state index is 0.617. The molecule has 2 atom stereocenters. The Labute approximate surface area is 105 Å². The van der Waals surface area contributed by atoms with E-state index in [0.717, 1.165) is 24.8 Å². The summed E-state index contributed by atoms with van der Waals surface area (Å²) >= 11 is 0. The van der Waals surface area contributed by atoms with Gasteiger partial charge in [0, 0.05) is 19.3 Å². The van der Waals surface area contributed by atoms with Crippen LogP contribution in [0.25, 0.3) is 0 Å². The van der Waals surface area contributed by atoms with Crippen molar-refractivity contribution in [1.29, 1.82) is 0 Å². The Balaban J connectivity index is 1.93. The number of hydrogen-bond acceptors (Lipinski definition) is 2. The summed E-state index contributed by atoms with van der Waals surface area (Å²) < 4.78 is 1.90. The van der Waals surface area contributed by atoms with E-state index >= 15 is 0 Å². The lowest BCUT2D eigenvalue weighted by Crippen LogP contribution is -2.38.